The van der Waals surface area contributed by atoms with Crippen LogP contribution in [0.4, 0.5) is 0 Å². The van der Waals surface area contributed by atoms with Crippen molar-refractivity contribution in [3.63, 3.8) is 0 Å². The summed E-state index contributed by atoms with van der Waals surface area (Å²) in [5, 5.41) is 7.53. The molecular weight excluding hydrogens is 204 g/mol. The van der Waals surface area contributed by atoms with Gasteiger partial charge in [-0.2, -0.15) is 0 Å². The summed E-state index contributed by atoms with van der Waals surface area (Å²) in [4.78, 5) is 10.7. The second kappa shape index (κ2) is 4.29. The van der Waals surface area contributed by atoms with Crippen LogP contribution in [0.5, 0.6) is 0 Å². The number of carboxylic acids is 1. The Kier molecular flexibility index (Phi) is 3.53. The van der Waals surface area contributed by atoms with Crippen LogP contribution in [-0.2, 0) is 14.6 Å². The Morgan fingerprint density at radius 2 is 2.07 bits per heavy atom. The second-order valence-electron chi connectivity index (χ2n) is 3.86. The van der Waals surface area contributed by atoms with E-state index >= 15 is 0 Å². The number of carboxylic acid groups (broad SMARTS) is 1. The van der Waals surface area contributed by atoms with Gasteiger partial charge in [0.25, 0.3) is 0 Å². The number of sulfone groups is 1. The molecule has 0 aromatic rings. The molecule has 1 saturated carbocycles. The molecule has 0 spiro atoms. The average molecular weight is 220 g/mol. The van der Waals surface area contributed by atoms with Crippen molar-refractivity contribution in [3.05, 3.63) is 0 Å². The molecule has 0 aliphatic heterocycles. The molecule has 0 amide bonds. The molecule has 1 atom stereocenters. The maximum Gasteiger partial charge on any atom is 0.321 e. The van der Waals surface area contributed by atoms with Crippen molar-refractivity contribution in [2.45, 2.75) is 37.9 Å². The molecule has 1 aliphatic rings. The van der Waals surface area contributed by atoms with E-state index in [2.05, 4.69) is 0 Å². The predicted octanol–water partition coefficient (Wildman–Crippen LogP) is 1.06. The summed E-state index contributed by atoms with van der Waals surface area (Å²) >= 11 is 0. The topological polar surface area (TPSA) is 71.4 Å². The van der Waals surface area contributed by atoms with E-state index in [1.54, 1.807) is 6.92 Å². The molecule has 0 aromatic carbocycles. The Hall–Kier alpha value is -0.580. The van der Waals surface area contributed by atoms with Crippen molar-refractivity contribution >= 4 is 15.8 Å². The molecule has 0 aromatic heterocycles. The van der Waals surface area contributed by atoms with E-state index in [0.717, 1.165) is 19.3 Å². The van der Waals surface area contributed by atoms with E-state index in [4.69, 9.17) is 5.11 Å². The monoisotopic (exact) mass is 220 g/mol. The molecule has 1 aliphatic carbocycles. The van der Waals surface area contributed by atoms with Crippen LogP contribution in [0.3, 0.4) is 0 Å². The number of hydrogen-bond donors (Lipinski definition) is 1. The largest absolute Gasteiger partial charge is 0.480 e. The van der Waals surface area contributed by atoms with Crippen LogP contribution in [-0.4, -0.2) is 30.5 Å². The first kappa shape index (κ1) is 11.5. The van der Waals surface area contributed by atoms with E-state index in [0.29, 0.717) is 0 Å². The fraction of sp³-hybridized carbons (Fsp3) is 0.889. The molecule has 4 nitrogen and oxygen atoms in total. The van der Waals surface area contributed by atoms with Crippen LogP contribution in [0, 0.1) is 5.92 Å². The zero-order valence-electron chi connectivity index (χ0n) is 8.27. The summed E-state index contributed by atoms with van der Waals surface area (Å²) in [6, 6.07) is 0. The SMILES string of the molecule is CCC(C(=O)O)S(=O)(=O)CC1CCC1. The van der Waals surface area contributed by atoms with Crippen molar-refractivity contribution < 1.29 is 18.3 Å². The molecule has 82 valence electrons. The van der Waals surface area contributed by atoms with Gasteiger partial charge in [0, 0.05) is 0 Å². The lowest BCUT2D eigenvalue weighted by molar-refractivity contribution is -0.136. The standard InChI is InChI=1S/C9H16O4S/c1-2-8(9(10)11)14(12,13)6-7-4-3-5-7/h7-8H,2-6H2,1H3,(H,10,11). The summed E-state index contributed by atoms with van der Waals surface area (Å²) in [6.45, 7) is 1.59. The van der Waals surface area contributed by atoms with E-state index < -0.39 is 21.1 Å². The minimum atomic E-state index is -3.43. The Morgan fingerprint density at radius 1 is 1.50 bits per heavy atom. The third-order valence-corrected chi connectivity index (χ3v) is 5.11. The zero-order valence-corrected chi connectivity index (χ0v) is 9.09. The fourth-order valence-electron chi connectivity index (χ4n) is 1.69. The van der Waals surface area contributed by atoms with Gasteiger partial charge in [-0.3, -0.25) is 4.79 Å². The molecule has 0 heterocycles. The first-order valence-corrected chi connectivity index (χ1v) is 6.63. The predicted molar refractivity (Wildman–Crippen MR) is 52.8 cm³/mol. The van der Waals surface area contributed by atoms with E-state index in [1.807, 2.05) is 0 Å². The first-order chi connectivity index (χ1) is 6.47. The first-order valence-electron chi connectivity index (χ1n) is 4.91. The molecule has 1 N–H and O–H groups in total. The maximum atomic E-state index is 11.6. The Bertz CT molecular complexity index is 303. The van der Waals surface area contributed by atoms with Crippen molar-refractivity contribution in [3.8, 4) is 0 Å². The minimum absolute atomic E-state index is 0.0534. The number of rotatable bonds is 5. The van der Waals surface area contributed by atoms with Crippen molar-refractivity contribution in [2.24, 2.45) is 5.92 Å². The van der Waals surface area contributed by atoms with E-state index in [9.17, 15) is 13.2 Å². The van der Waals surface area contributed by atoms with Crippen LogP contribution in [0.15, 0.2) is 0 Å². The lowest BCUT2D eigenvalue weighted by atomic mass is 9.87. The fourth-order valence-corrected chi connectivity index (χ4v) is 3.72. The quantitative estimate of drug-likeness (QED) is 0.752. The third kappa shape index (κ3) is 2.47. The molecule has 1 rings (SSSR count). The Morgan fingerprint density at radius 3 is 2.36 bits per heavy atom. The molecule has 5 heteroatoms. The molecular formula is C9H16O4S. The lowest BCUT2D eigenvalue weighted by Gasteiger charge is -2.26. The summed E-state index contributed by atoms with van der Waals surface area (Å²) in [6.07, 6.45) is 3.08. The van der Waals surface area contributed by atoms with Gasteiger partial charge in [-0.15, -0.1) is 0 Å². The van der Waals surface area contributed by atoms with Gasteiger partial charge >= 0.3 is 5.97 Å². The van der Waals surface area contributed by atoms with Crippen molar-refractivity contribution in [1.82, 2.24) is 0 Å². The van der Waals surface area contributed by atoms with Crippen LogP contribution in [0.1, 0.15) is 32.6 Å². The number of aliphatic carboxylic acids is 1. The molecule has 1 fully saturated rings. The highest BCUT2D eigenvalue weighted by Crippen LogP contribution is 2.29. The van der Waals surface area contributed by atoms with Crippen molar-refractivity contribution in [1.29, 1.82) is 0 Å². The second-order valence-corrected chi connectivity index (χ2v) is 6.09. The van der Waals surface area contributed by atoms with Crippen LogP contribution in [0.2, 0.25) is 0 Å². The smallest absolute Gasteiger partial charge is 0.321 e. The molecule has 0 bridgehead atoms. The normalized spacial score (nSPS) is 20.1. The zero-order chi connectivity index (χ0) is 10.8. The maximum absolute atomic E-state index is 11.6. The highest BCUT2D eigenvalue weighted by atomic mass is 32.2. The lowest BCUT2D eigenvalue weighted by Crippen LogP contribution is -2.35. The third-order valence-electron chi connectivity index (χ3n) is 2.77. The van der Waals surface area contributed by atoms with Gasteiger partial charge in [0.1, 0.15) is 0 Å². The summed E-state index contributed by atoms with van der Waals surface area (Å²) in [5.41, 5.74) is 0. The summed E-state index contributed by atoms with van der Waals surface area (Å²) in [7, 11) is -3.43. The van der Waals surface area contributed by atoms with E-state index in [-0.39, 0.29) is 18.1 Å². The minimum Gasteiger partial charge on any atom is -0.480 e. The van der Waals surface area contributed by atoms with Crippen LogP contribution < -0.4 is 0 Å². The van der Waals surface area contributed by atoms with Crippen molar-refractivity contribution in [2.75, 3.05) is 5.75 Å². The highest BCUT2D eigenvalue weighted by Gasteiger charge is 2.34. The van der Waals surface area contributed by atoms with Gasteiger partial charge in [0.2, 0.25) is 0 Å². The average Bonchev–Trinajstić information content (AvgIpc) is 1.97. The number of hydrogen-bond acceptors (Lipinski definition) is 3. The highest BCUT2D eigenvalue weighted by molar-refractivity contribution is 7.92. The number of carbonyl (C=O) groups is 1. The van der Waals surface area contributed by atoms with Gasteiger partial charge < -0.3 is 5.11 Å². The molecule has 0 radical (unpaired) electrons. The van der Waals surface area contributed by atoms with Gasteiger partial charge in [-0.1, -0.05) is 13.3 Å². The Labute approximate surface area is 84.2 Å². The molecule has 1 unspecified atom stereocenters. The Balaban J connectivity index is 2.65. The summed E-state index contributed by atoms with van der Waals surface area (Å²) in [5.74, 6) is -0.960. The van der Waals surface area contributed by atoms with E-state index in [1.165, 1.54) is 0 Å². The van der Waals surface area contributed by atoms with Gasteiger partial charge in [-0.05, 0) is 25.2 Å². The van der Waals surface area contributed by atoms with Gasteiger partial charge in [0.15, 0.2) is 15.1 Å². The molecule has 0 saturated heterocycles. The summed E-state index contributed by atoms with van der Waals surface area (Å²) < 4.78 is 23.3. The van der Waals surface area contributed by atoms with Crippen LogP contribution in [0.25, 0.3) is 0 Å². The van der Waals surface area contributed by atoms with Gasteiger partial charge in [-0.25, -0.2) is 8.42 Å². The molecule has 14 heavy (non-hydrogen) atoms. The van der Waals surface area contributed by atoms with Crippen LogP contribution >= 0.6 is 0 Å². The van der Waals surface area contributed by atoms with Gasteiger partial charge in [0.05, 0.1) is 5.75 Å².